The summed E-state index contributed by atoms with van der Waals surface area (Å²) >= 11 is 12.7. The summed E-state index contributed by atoms with van der Waals surface area (Å²) in [6.45, 7) is 14.3. The number of carbonyl (C=O) groups is 2. The van der Waals surface area contributed by atoms with Gasteiger partial charge in [-0.2, -0.15) is 11.8 Å². The quantitative estimate of drug-likeness (QED) is 0.0129. The second kappa shape index (κ2) is 74.7. The summed E-state index contributed by atoms with van der Waals surface area (Å²) in [6.07, 6.45) is 3.36. The molecule has 0 spiro atoms. The molecule has 0 aliphatic carbocycles. The zero-order valence-electron chi connectivity index (χ0n) is 45.6. The number of carbonyl (C=O) groups excluding carboxylic acids is 2. The van der Waals surface area contributed by atoms with Crippen molar-refractivity contribution in [3.8, 4) is 0 Å². The van der Waals surface area contributed by atoms with E-state index in [-0.39, 0.29) is 53.6 Å². The summed E-state index contributed by atoms with van der Waals surface area (Å²) in [5.74, 6) is 2.06. The summed E-state index contributed by atoms with van der Waals surface area (Å²) in [4.78, 5) is 35.1. The molecular weight excluding hydrogens is 1120 g/mol. The summed E-state index contributed by atoms with van der Waals surface area (Å²) in [6, 6.07) is 0.426. The fourth-order valence-corrected chi connectivity index (χ4v) is 7.35. The Morgan fingerprint density at radius 2 is 0.861 bits per heavy atom. The number of azide groups is 4. The molecule has 5 N–H and O–H groups in total. The van der Waals surface area contributed by atoms with Crippen molar-refractivity contribution in [1.29, 1.82) is 0 Å². The van der Waals surface area contributed by atoms with Crippen LogP contribution >= 0.6 is 35.0 Å². The van der Waals surface area contributed by atoms with E-state index in [9.17, 15) is 9.59 Å². The molecule has 37 heteroatoms. The molecule has 3 amide bonds. The maximum atomic E-state index is 11.9. The van der Waals surface area contributed by atoms with Crippen molar-refractivity contribution in [2.24, 2.45) is 26.2 Å². The van der Waals surface area contributed by atoms with Crippen LogP contribution in [0.1, 0.15) is 25.7 Å². The Labute approximate surface area is 498 Å². The van der Waals surface area contributed by atoms with Crippen LogP contribution in [0.2, 0.25) is 0 Å². The van der Waals surface area contributed by atoms with Crippen LogP contribution in [0.4, 0.5) is 4.79 Å². The number of hydrogen-bond donors (Lipinski definition) is 4. The average Bonchev–Trinajstić information content (AvgIpc) is 4.01. The van der Waals surface area contributed by atoms with E-state index in [0.717, 1.165) is 25.0 Å². The van der Waals surface area contributed by atoms with Gasteiger partial charge in [0, 0.05) is 88.1 Å². The molecule has 2 heterocycles. The fourth-order valence-electron chi connectivity index (χ4n) is 5.59. The van der Waals surface area contributed by atoms with Gasteiger partial charge in [-0.25, -0.2) is 4.79 Å². The van der Waals surface area contributed by atoms with E-state index in [2.05, 4.69) is 56.1 Å². The maximum Gasteiger partial charge on any atom is 1.00 e. The van der Waals surface area contributed by atoms with Gasteiger partial charge in [0.15, 0.2) is 0 Å². The first-order valence-electron chi connectivity index (χ1n) is 25.1. The number of halogens is 2. The number of nitrogens with one attached hydrogen (secondary N) is 3. The Kier molecular flexibility index (Phi) is 77.7. The molecule has 0 aromatic carbocycles. The van der Waals surface area contributed by atoms with Crippen molar-refractivity contribution in [3.63, 3.8) is 0 Å². The molecule has 2 aliphatic rings. The number of fused-ring (bicyclic) bond motifs is 1. The number of ether oxygens (including phenoxy) is 12. The Morgan fingerprint density at radius 3 is 1.20 bits per heavy atom. The molecule has 2 saturated heterocycles. The van der Waals surface area contributed by atoms with Gasteiger partial charge in [0.2, 0.25) is 5.91 Å². The van der Waals surface area contributed by atoms with Gasteiger partial charge in [-0.1, -0.05) is 26.9 Å². The minimum absolute atomic E-state index is 0. The number of thioether (sulfide) groups is 1. The Bertz CT molecular complexity index is 1570. The normalized spacial score (nSPS) is 14.2. The number of nitrogens with two attached hydrogens (primary N) is 1. The van der Waals surface area contributed by atoms with Gasteiger partial charge in [-0.3, -0.25) is 9.71 Å². The number of urea groups is 1. The maximum absolute atomic E-state index is 11.9. The van der Waals surface area contributed by atoms with E-state index in [1.165, 1.54) is 4.91 Å². The van der Waals surface area contributed by atoms with Gasteiger partial charge in [-0.05, 0) is 35.0 Å². The SMILES string of the molecule is ClCCOCCOCCOCCCl.[N-]=[N+]=NCCOCCOCCOCCN.[N-]=[N+]=NCCOCCOCCOCCN=[N+]=[N-].[N-]=[N+]=NCCOCCOCCOCCNC(=O)CCCCC1SCC2NC(=O)NC21.[N-]=[N+]=[N-].[Na+]. The van der Waals surface area contributed by atoms with Crippen LogP contribution in [0.15, 0.2) is 20.5 Å². The number of unbranched alkanes of at least 4 members (excludes halogenated alkanes) is 1. The van der Waals surface area contributed by atoms with E-state index in [4.69, 9.17) is 119 Å². The van der Waals surface area contributed by atoms with Crippen LogP contribution in [0.5, 0.6) is 0 Å². The minimum atomic E-state index is -0.0589. The third-order valence-electron chi connectivity index (χ3n) is 8.93. The Hall–Kier alpha value is -3.30. The molecule has 2 fully saturated rings. The first-order chi connectivity index (χ1) is 38.4. The van der Waals surface area contributed by atoms with Gasteiger partial charge in [0.1, 0.15) is 0 Å². The van der Waals surface area contributed by atoms with Crippen LogP contribution < -0.4 is 51.2 Å². The van der Waals surface area contributed by atoms with E-state index in [1.54, 1.807) is 0 Å². The minimum Gasteiger partial charge on any atom is -0.379 e. The fraction of sp³-hybridized carbons (Fsp3) is 0.952. The van der Waals surface area contributed by atoms with Crippen molar-refractivity contribution in [3.05, 3.63) is 57.7 Å². The molecule has 450 valence electrons. The molecule has 79 heavy (non-hydrogen) atoms. The van der Waals surface area contributed by atoms with Gasteiger partial charge in [0.05, 0.1) is 171 Å². The number of hydrogen-bond acceptors (Lipinski definition) is 20. The molecular formula is C42H82Cl2N19NaO14S. The first kappa shape index (κ1) is 82.2. The van der Waals surface area contributed by atoms with E-state index in [1.807, 2.05) is 11.8 Å². The molecule has 0 bridgehead atoms. The van der Waals surface area contributed by atoms with Crippen molar-refractivity contribution in [2.75, 3.05) is 215 Å². The van der Waals surface area contributed by atoms with Crippen LogP contribution in [-0.2, 0) is 61.6 Å². The van der Waals surface area contributed by atoms with Crippen molar-refractivity contribution in [1.82, 2.24) is 16.0 Å². The monoisotopic (exact) mass is 1200 g/mol. The number of amides is 3. The average molecular weight is 1200 g/mol. The molecule has 2 rings (SSSR count). The summed E-state index contributed by atoms with van der Waals surface area (Å²) in [5, 5.41) is 22.5. The Morgan fingerprint density at radius 1 is 0.532 bits per heavy atom. The van der Waals surface area contributed by atoms with Gasteiger partial charge in [0.25, 0.3) is 0 Å². The van der Waals surface area contributed by atoms with E-state index in [0.29, 0.717) is 221 Å². The largest absolute Gasteiger partial charge is 1.00 e. The summed E-state index contributed by atoms with van der Waals surface area (Å²) in [5.41, 5.74) is 50.8. The molecule has 33 nitrogen and oxygen atoms in total. The zero-order valence-corrected chi connectivity index (χ0v) is 49.9. The van der Waals surface area contributed by atoms with Crippen LogP contribution in [0.25, 0.3) is 57.7 Å². The molecule has 0 radical (unpaired) electrons. The summed E-state index contributed by atoms with van der Waals surface area (Å²) < 4.78 is 62.1. The zero-order chi connectivity index (χ0) is 57.7. The van der Waals surface area contributed by atoms with Crippen LogP contribution in [-0.4, -0.2) is 245 Å². The van der Waals surface area contributed by atoms with E-state index < -0.39 is 0 Å². The first-order valence-corrected chi connectivity index (χ1v) is 27.2. The number of alkyl halides is 2. The molecule has 2 aliphatic heterocycles. The predicted molar refractivity (Wildman–Crippen MR) is 293 cm³/mol. The molecule has 0 aromatic heterocycles. The second-order valence-corrected chi connectivity index (χ2v) is 16.7. The van der Waals surface area contributed by atoms with Gasteiger partial charge < -0.3 is 89.6 Å². The van der Waals surface area contributed by atoms with E-state index >= 15 is 0 Å². The van der Waals surface area contributed by atoms with Gasteiger partial charge >= 0.3 is 35.6 Å². The van der Waals surface area contributed by atoms with Crippen molar-refractivity contribution < 1.29 is 96.0 Å². The molecule has 3 unspecified atom stereocenters. The third kappa shape index (κ3) is 68.9. The molecule has 0 aromatic rings. The number of nitrogens with zero attached hydrogens (tertiary/aromatic N) is 15. The second-order valence-electron chi connectivity index (χ2n) is 14.6. The van der Waals surface area contributed by atoms with Crippen molar-refractivity contribution in [2.45, 2.75) is 43.0 Å². The van der Waals surface area contributed by atoms with Gasteiger partial charge in [-0.15, -0.1) is 23.2 Å². The molecule has 0 saturated carbocycles. The number of rotatable bonds is 50. The molecule has 3 atom stereocenters. The topological polar surface area (TPSA) is 461 Å². The van der Waals surface area contributed by atoms with Crippen LogP contribution in [0.3, 0.4) is 0 Å². The standard InChI is InChI=1S/C18H32N6O5S.C8H16Cl2O3.C8H16N6O3.C8H18N4O3.N3.Na/c19-24-21-6-8-28-10-12-29-11-9-27-7-5-20-16(25)4-2-1-3-15-17-14(13-30-15)22-18(26)23-17;9-1-3-11-5-7-13-8-6-12-4-2-10;9-13-11-1-3-15-5-7-17-8-6-16-4-2-12-14-10;9-1-3-13-5-7-15-8-6-14-4-2-11-12-10;1-3-2;/h14-15,17H,1-13H2,(H,20,25)(H2,22,23,26);1-8H2;1-8H2;1-9H2;;/q;;;;-1;+1. The van der Waals surface area contributed by atoms with Crippen LogP contribution in [0, 0.1) is 0 Å². The third-order valence-corrected chi connectivity index (χ3v) is 10.7. The van der Waals surface area contributed by atoms with Crippen molar-refractivity contribution >= 4 is 46.9 Å². The summed E-state index contributed by atoms with van der Waals surface area (Å²) in [7, 11) is 0. The smallest absolute Gasteiger partial charge is 0.379 e. The Balaban J connectivity index is -0.000000494. The predicted octanol–water partition coefficient (Wildman–Crippen LogP) is 2.53.